The Labute approximate surface area is 171 Å². The zero-order chi connectivity index (χ0) is 21.0. The van der Waals surface area contributed by atoms with Gasteiger partial charge in [0, 0.05) is 26.2 Å². The Morgan fingerprint density at radius 3 is 2.31 bits per heavy atom. The normalized spacial score (nSPS) is 11.7. The Morgan fingerprint density at radius 1 is 1.00 bits per heavy atom. The lowest BCUT2D eigenvalue weighted by Crippen LogP contribution is -2.30. The quantitative estimate of drug-likeness (QED) is 0.693. The van der Waals surface area contributed by atoms with E-state index in [4.69, 9.17) is 4.74 Å². The fraction of sp³-hybridized carbons (Fsp3) is 0.250. The molecule has 1 atom stereocenters. The van der Waals surface area contributed by atoms with Crippen molar-refractivity contribution >= 4 is 22.6 Å². The molecule has 0 bridgehead atoms. The second-order valence-corrected chi connectivity index (χ2v) is 7.16. The van der Waals surface area contributed by atoms with Gasteiger partial charge in [0.1, 0.15) is 5.75 Å². The van der Waals surface area contributed by atoms with Gasteiger partial charge in [-0.05, 0) is 53.1 Å². The topological polar surface area (TPSA) is 58.6 Å². The predicted octanol–water partition coefficient (Wildman–Crippen LogP) is 3.97. The van der Waals surface area contributed by atoms with Crippen LogP contribution in [0.25, 0.3) is 10.8 Å². The van der Waals surface area contributed by atoms with Gasteiger partial charge in [0.15, 0.2) is 0 Å². The summed E-state index contributed by atoms with van der Waals surface area (Å²) in [6, 6.07) is 19.3. The molecule has 0 aromatic heterocycles. The summed E-state index contributed by atoms with van der Waals surface area (Å²) in [5.74, 6) is 0.491. The first-order valence-corrected chi connectivity index (χ1v) is 9.56. The molecule has 0 aliphatic carbocycles. The maximum Gasteiger partial charge on any atom is 0.251 e. The van der Waals surface area contributed by atoms with E-state index in [1.54, 1.807) is 38.2 Å². The number of amides is 2. The highest BCUT2D eigenvalue weighted by atomic mass is 16.5. The molecule has 3 rings (SSSR count). The van der Waals surface area contributed by atoms with Gasteiger partial charge in [-0.15, -0.1) is 0 Å². The van der Waals surface area contributed by atoms with Gasteiger partial charge in [-0.2, -0.15) is 0 Å². The van der Waals surface area contributed by atoms with Gasteiger partial charge in [-0.25, -0.2) is 0 Å². The summed E-state index contributed by atoms with van der Waals surface area (Å²) in [5.41, 5.74) is 2.56. The fourth-order valence-electron chi connectivity index (χ4n) is 3.37. The molecule has 29 heavy (non-hydrogen) atoms. The van der Waals surface area contributed by atoms with Crippen LogP contribution in [0.15, 0.2) is 60.7 Å². The highest BCUT2D eigenvalue weighted by Gasteiger charge is 2.20. The smallest absolute Gasteiger partial charge is 0.251 e. The van der Waals surface area contributed by atoms with E-state index in [1.807, 2.05) is 49.4 Å². The van der Waals surface area contributed by atoms with Gasteiger partial charge in [-0.3, -0.25) is 9.59 Å². The SMILES string of the molecule is CNC(=O)c1ccc(CN(C)C(=O)[C@H](C)c2ccc3cc(OC)ccc3c2)cc1. The summed E-state index contributed by atoms with van der Waals surface area (Å²) in [6.45, 7) is 2.42. The number of ether oxygens (including phenoxy) is 1. The van der Waals surface area contributed by atoms with Crippen molar-refractivity contribution in [1.82, 2.24) is 10.2 Å². The third-order valence-electron chi connectivity index (χ3n) is 5.18. The van der Waals surface area contributed by atoms with Gasteiger partial charge in [0.25, 0.3) is 5.91 Å². The first-order valence-electron chi connectivity index (χ1n) is 9.56. The van der Waals surface area contributed by atoms with Gasteiger partial charge in [0.05, 0.1) is 13.0 Å². The van der Waals surface area contributed by atoms with E-state index in [0.29, 0.717) is 12.1 Å². The summed E-state index contributed by atoms with van der Waals surface area (Å²) >= 11 is 0. The second kappa shape index (κ2) is 8.78. The zero-order valence-corrected chi connectivity index (χ0v) is 17.2. The molecule has 150 valence electrons. The van der Waals surface area contributed by atoms with Crippen LogP contribution < -0.4 is 10.1 Å². The molecule has 5 nitrogen and oxygen atoms in total. The zero-order valence-electron chi connectivity index (χ0n) is 17.2. The first-order chi connectivity index (χ1) is 13.9. The molecule has 3 aromatic rings. The summed E-state index contributed by atoms with van der Waals surface area (Å²) in [7, 11) is 5.06. The van der Waals surface area contributed by atoms with Crippen molar-refractivity contribution in [1.29, 1.82) is 0 Å². The molecule has 0 unspecified atom stereocenters. The van der Waals surface area contributed by atoms with Crippen molar-refractivity contribution in [3.8, 4) is 5.75 Å². The van der Waals surface area contributed by atoms with Crippen molar-refractivity contribution in [2.24, 2.45) is 0 Å². The Balaban J connectivity index is 1.71. The van der Waals surface area contributed by atoms with Gasteiger partial charge >= 0.3 is 0 Å². The Hall–Kier alpha value is -3.34. The molecule has 0 radical (unpaired) electrons. The Kier molecular flexibility index (Phi) is 6.17. The number of carbonyl (C=O) groups is 2. The lowest BCUT2D eigenvalue weighted by Gasteiger charge is -2.22. The van der Waals surface area contributed by atoms with Gasteiger partial charge < -0.3 is 15.0 Å². The number of carbonyl (C=O) groups excluding carboxylic acids is 2. The number of hydrogen-bond donors (Lipinski definition) is 1. The molecule has 0 aliphatic heterocycles. The number of nitrogens with zero attached hydrogens (tertiary/aromatic N) is 1. The van der Waals surface area contributed by atoms with E-state index in [2.05, 4.69) is 11.4 Å². The minimum absolute atomic E-state index is 0.0493. The molecular formula is C24H26N2O3. The van der Waals surface area contributed by atoms with Crippen LogP contribution in [0, 0.1) is 0 Å². The van der Waals surface area contributed by atoms with Crippen LogP contribution in [0.2, 0.25) is 0 Å². The molecule has 1 N–H and O–H groups in total. The number of fused-ring (bicyclic) bond motifs is 1. The van der Waals surface area contributed by atoms with E-state index in [0.717, 1.165) is 27.6 Å². The monoisotopic (exact) mass is 390 g/mol. The molecule has 3 aromatic carbocycles. The van der Waals surface area contributed by atoms with Crippen molar-refractivity contribution in [2.75, 3.05) is 21.2 Å². The molecule has 0 aliphatic rings. The van der Waals surface area contributed by atoms with Crippen molar-refractivity contribution in [2.45, 2.75) is 19.4 Å². The second-order valence-electron chi connectivity index (χ2n) is 7.16. The van der Waals surface area contributed by atoms with Gasteiger partial charge in [-0.1, -0.05) is 36.4 Å². The number of hydrogen-bond acceptors (Lipinski definition) is 3. The first kappa shape index (κ1) is 20.4. The van der Waals surface area contributed by atoms with Crippen LogP contribution in [0.3, 0.4) is 0 Å². The number of nitrogens with one attached hydrogen (secondary N) is 1. The van der Waals surface area contributed by atoms with E-state index in [-0.39, 0.29) is 17.7 Å². The number of benzene rings is 3. The average Bonchev–Trinajstić information content (AvgIpc) is 2.77. The molecule has 0 saturated heterocycles. The fourth-order valence-corrected chi connectivity index (χ4v) is 3.37. The molecular weight excluding hydrogens is 364 g/mol. The Bertz CT molecular complexity index is 1030. The predicted molar refractivity (Wildman–Crippen MR) is 115 cm³/mol. The third kappa shape index (κ3) is 4.57. The summed E-state index contributed by atoms with van der Waals surface area (Å²) in [5, 5.41) is 4.76. The standard InChI is InChI=1S/C24H26N2O3/c1-16(19-9-10-21-14-22(29-4)12-11-20(21)13-19)24(28)26(3)15-17-5-7-18(8-6-17)23(27)25-2/h5-14,16H,15H2,1-4H3,(H,25,27)/t16-/m1/s1. The number of likely N-dealkylation sites (N-methyl/N-ethyl adjacent to an activating group) is 1. The van der Waals surface area contributed by atoms with Gasteiger partial charge in [0.2, 0.25) is 5.91 Å². The lowest BCUT2D eigenvalue weighted by atomic mass is 9.96. The van der Waals surface area contributed by atoms with Crippen LogP contribution in [0.1, 0.15) is 34.3 Å². The summed E-state index contributed by atoms with van der Waals surface area (Å²) in [6.07, 6.45) is 0. The highest BCUT2D eigenvalue weighted by molar-refractivity contribution is 5.94. The lowest BCUT2D eigenvalue weighted by molar-refractivity contribution is -0.131. The molecule has 0 fully saturated rings. The largest absolute Gasteiger partial charge is 0.497 e. The summed E-state index contributed by atoms with van der Waals surface area (Å²) in [4.78, 5) is 26.3. The van der Waals surface area contributed by atoms with Crippen LogP contribution >= 0.6 is 0 Å². The summed E-state index contributed by atoms with van der Waals surface area (Å²) < 4.78 is 5.27. The molecule has 0 heterocycles. The molecule has 0 spiro atoms. The van der Waals surface area contributed by atoms with E-state index >= 15 is 0 Å². The van der Waals surface area contributed by atoms with Crippen molar-refractivity contribution < 1.29 is 14.3 Å². The van der Waals surface area contributed by atoms with Crippen molar-refractivity contribution in [3.63, 3.8) is 0 Å². The minimum Gasteiger partial charge on any atom is -0.497 e. The number of rotatable bonds is 6. The maximum atomic E-state index is 12.9. The van der Waals surface area contributed by atoms with Crippen LogP contribution in [0.5, 0.6) is 5.75 Å². The van der Waals surface area contributed by atoms with E-state index in [1.165, 1.54) is 0 Å². The highest BCUT2D eigenvalue weighted by Crippen LogP contribution is 2.26. The van der Waals surface area contributed by atoms with Crippen molar-refractivity contribution in [3.05, 3.63) is 77.4 Å². The maximum absolute atomic E-state index is 12.9. The number of methoxy groups -OCH3 is 1. The van der Waals surface area contributed by atoms with E-state index < -0.39 is 0 Å². The third-order valence-corrected chi connectivity index (χ3v) is 5.18. The average molecular weight is 390 g/mol. The molecule has 5 heteroatoms. The van der Waals surface area contributed by atoms with Crippen LogP contribution in [0.4, 0.5) is 0 Å². The minimum atomic E-state index is -0.253. The molecule has 2 amide bonds. The van der Waals surface area contributed by atoms with E-state index in [9.17, 15) is 9.59 Å². The van der Waals surface area contributed by atoms with Crippen LogP contribution in [-0.2, 0) is 11.3 Å². The molecule has 0 saturated carbocycles. The van der Waals surface area contributed by atoms with Crippen LogP contribution in [-0.4, -0.2) is 37.9 Å². The Morgan fingerprint density at radius 2 is 1.66 bits per heavy atom.